The first-order valence-electron chi connectivity index (χ1n) is 6.87. The normalized spacial score (nSPS) is 12.7. The molecule has 0 fully saturated rings. The summed E-state index contributed by atoms with van der Waals surface area (Å²) in [5, 5.41) is 3.25. The predicted molar refractivity (Wildman–Crippen MR) is 79.7 cm³/mol. The Morgan fingerprint density at radius 2 is 1.95 bits per heavy atom. The van der Waals surface area contributed by atoms with Gasteiger partial charge in [-0.25, -0.2) is 8.78 Å². The largest absolute Gasteiger partial charge is 0.309 e. The van der Waals surface area contributed by atoms with Crippen molar-refractivity contribution in [3.63, 3.8) is 0 Å². The van der Waals surface area contributed by atoms with Gasteiger partial charge in [0.2, 0.25) is 0 Å². The summed E-state index contributed by atoms with van der Waals surface area (Å²) in [5.41, 5.74) is 0.692. The van der Waals surface area contributed by atoms with Gasteiger partial charge in [-0.1, -0.05) is 19.9 Å². The molecule has 19 heavy (non-hydrogen) atoms. The van der Waals surface area contributed by atoms with Crippen LogP contribution in [0, 0.1) is 18.6 Å². The highest BCUT2D eigenvalue weighted by atomic mass is 32.2. The van der Waals surface area contributed by atoms with Crippen molar-refractivity contribution in [2.24, 2.45) is 0 Å². The molecule has 0 aliphatic heterocycles. The maximum atomic E-state index is 14.2. The number of thioether (sulfide) groups is 1. The Morgan fingerprint density at radius 1 is 1.21 bits per heavy atom. The van der Waals surface area contributed by atoms with E-state index in [2.05, 4.69) is 12.2 Å². The molecule has 1 aromatic rings. The molecule has 0 aliphatic carbocycles. The number of halogens is 2. The standard InChI is InChI=1S/C15H23F2NS/c1-4-8-18-13(10-19-9-5-2)14-12(16)7-6-11(3)15(14)17/h6-7,13,18H,4-5,8-10H2,1-3H3. The van der Waals surface area contributed by atoms with Crippen molar-refractivity contribution in [1.82, 2.24) is 5.32 Å². The lowest BCUT2D eigenvalue weighted by molar-refractivity contribution is 0.488. The van der Waals surface area contributed by atoms with E-state index in [9.17, 15) is 8.78 Å². The summed E-state index contributed by atoms with van der Waals surface area (Å²) in [4.78, 5) is 0. The lowest BCUT2D eigenvalue weighted by Crippen LogP contribution is -2.26. The number of rotatable bonds is 8. The van der Waals surface area contributed by atoms with Crippen LogP contribution in [0.5, 0.6) is 0 Å². The Hall–Kier alpha value is -0.610. The SMILES string of the molecule is CCCNC(CSCCC)c1c(F)ccc(C)c1F. The van der Waals surface area contributed by atoms with Crippen LogP contribution in [-0.2, 0) is 0 Å². The van der Waals surface area contributed by atoms with Crippen molar-refractivity contribution in [1.29, 1.82) is 0 Å². The van der Waals surface area contributed by atoms with Crippen molar-refractivity contribution >= 4 is 11.8 Å². The Balaban J connectivity index is 2.92. The molecule has 1 N–H and O–H groups in total. The molecule has 1 unspecified atom stereocenters. The number of hydrogen-bond acceptors (Lipinski definition) is 2. The highest BCUT2D eigenvalue weighted by molar-refractivity contribution is 7.99. The van der Waals surface area contributed by atoms with Gasteiger partial charge in [0.05, 0.1) is 0 Å². The lowest BCUT2D eigenvalue weighted by Gasteiger charge is -2.20. The van der Waals surface area contributed by atoms with Gasteiger partial charge >= 0.3 is 0 Å². The minimum Gasteiger partial charge on any atom is -0.309 e. The molecule has 1 rings (SSSR count). The van der Waals surface area contributed by atoms with Crippen molar-refractivity contribution in [2.75, 3.05) is 18.1 Å². The Labute approximate surface area is 119 Å². The van der Waals surface area contributed by atoms with Crippen LogP contribution < -0.4 is 5.32 Å². The first-order valence-corrected chi connectivity index (χ1v) is 8.02. The highest BCUT2D eigenvalue weighted by Crippen LogP contribution is 2.26. The fraction of sp³-hybridized carbons (Fsp3) is 0.600. The summed E-state index contributed by atoms with van der Waals surface area (Å²) in [6, 6.07) is 2.60. The quantitative estimate of drug-likeness (QED) is 0.709. The second-order valence-corrected chi connectivity index (χ2v) is 5.82. The first kappa shape index (κ1) is 16.4. The van der Waals surface area contributed by atoms with Gasteiger partial charge in [-0.3, -0.25) is 0 Å². The van der Waals surface area contributed by atoms with E-state index in [4.69, 9.17) is 0 Å². The van der Waals surface area contributed by atoms with Crippen LogP contribution in [0.4, 0.5) is 8.78 Å². The van der Waals surface area contributed by atoms with Gasteiger partial charge in [0.15, 0.2) is 0 Å². The van der Waals surface area contributed by atoms with Gasteiger partial charge in [0.25, 0.3) is 0 Å². The van der Waals surface area contributed by atoms with Gasteiger partial charge in [-0.05, 0) is 43.7 Å². The van der Waals surface area contributed by atoms with Gasteiger partial charge in [-0.2, -0.15) is 11.8 Å². The Kier molecular flexibility index (Phi) is 7.39. The smallest absolute Gasteiger partial charge is 0.133 e. The van der Waals surface area contributed by atoms with Crippen LogP contribution in [-0.4, -0.2) is 18.1 Å². The molecule has 0 aliphatic rings. The third kappa shape index (κ3) is 4.77. The Bertz CT molecular complexity index is 396. The molecular formula is C15H23F2NS. The van der Waals surface area contributed by atoms with E-state index in [1.165, 1.54) is 12.1 Å². The molecule has 108 valence electrons. The molecule has 0 bridgehead atoms. The monoisotopic (exact) mass is 287 g/mol. The molecule has 0 saturated heterocycles. The number of benzene rings is 1. The van der Waals surface area contributed by atoms with Crippen LogP contribution >= 0.6 is 11.8 Å². The van der Waals surface area contributed by atoms with E-state index in [-0.39, 0.29) is 11.6 Å². The lowest BCUT2D eigenvalue weighted by atomic mass is 10.0. The zero-order chi connectivity index (χ0) is 14.3. The molecule has 4 heteroatoms. The topological polar surface area (TPSA) is 12.0 Å². The molecule has 0 radical (unpaired) electrons. The molecular weight excluding hydrogens is 264 g/mol. The van der Waals surface area contributed by atoms with Crippen molar-refractivity contribution in [2.45, 2.75) is 39.7 Å². The third-order valence-electron chi connectivity index (χ3n) is 2.94. The maximum Gasteiger partial charge on any atom is 0.133 e. The zero-order valence-corrected chi connectivity index (χ0v) is 12.7. The van der Waals surface area contributed by atoms with Gasteiger partial charge in [-0.15, -0.1) is 0 Å². The van der Waals surface area contributed by atoms with E-state index in [0.29, 0.717) is 11.3 Å². The fourth-order valence-corrected chi connectivity index (χ4v) is 2.88. The predicted octanol–water partition coefficient (Wildman–Crippen LogP) is 4.46. The zero-order valence-electron chi connectivity index (χ0n) is 11.9. The number of hydrogen-bond donors (Lipinski definition) is 1. The number of nitrogens with one attached hydrogen (secondary N) is 1. The van der Waals surface area contributed by atoms with E-state index >= 15 is 0 Å². The molecule has 0 amide bonds. The van der Waals surface area contributed by atoms with E-state index in [1.54, 1.807) is 18.7 Å². The Morgan fingerprint density at radius 3 is 2.58 bits per heavy atom. The molecule has 0 heterocycles. The average molecular weight is 287 g/mol. The van der Waals surface area contributed by atoms with Gasteiger partial charge in [0, 0.05) is 17.4 Å². The van der Waals surface area contributed by atoms with Crippen LogP contribution in [0.1, 0.15) is 43.9 Å². The second-order valence-electron chi connectivity index (χ2n) is 4.67. The first-order chi connectivity index (χ1) is 9.11. The van der Waals surface area contributed by atoms with Crippen LogP contribution in [0.15, 0.2) is 12.1 Å². The van der Waals surface area contributed by atoms with Crippen LogP contribution in [0.25, 0.3) is 0 Å². The molecule has 0 saturated carbocycles. The van der Waals surface area contributed by atoms with E-state index < -0.39 is 11.6 Å². The summed E-state index contributed by atoms with van der Waals surface area (Å²) in [7, 11) is 0. The summed E-state index contributed by atoms with van der Waals surface area (Å²) in [6.07, 6.45) is 2.02. The van der Waals surface area contributed by atoms with Crippen LogP contribution in [0.2, 0.25) is 0 Å². The van der Waals surface area contributed by atoms with E-state index in [0.717, 1.165) is 25.1 Å². The summed E-state index contributed by atoms with van der Waals surface area (Å²) >= 11 is 1.73. The summed E-state index contributed by atoms with van der Waals surface area (Å²) < 4.78 is 28.1. The fourth-order valence-electron chi connectivity index (χ4n) is 1.91. The van der Waals surface area contributed by atoms with Crippen molar-refractivity contribution in [3.8, 4) is 0 Å². The van der Waals surface area contributed by atoms with Crippen molar-refractivity contribution < 1.29 is 8.78 Å². The maximum absolute atomic E-state index is 14.2. The highest BCUT2D eigenvalue weighted by Gasteiger charge is 2.20. The molecule has 0 spiro atoms. The van der Waals surface area contributed by atoms with Crippen LogP contribution in [0.3, 0.4) is 0 Å². The minimum absolute atomic E-state index is 0.192. The van der Waals surface area contributed by atoms with E-state index in [1.807, 2.05) is 6.92 Å². The second kappa shape index (κ2) is 8.54. The number of aryl methyl sites for hydroxylation is 1. The van der Waals surface area contributed by atoms with Gasteiger partial charge in [0.1, 0.15) is 11.6 Å². The average Bonchev–Trinajstić information content (AvgIpc) is 2.40. The minimum atomic E-state index is -0.450. The molecule has 1 nitrogen and oxygen atoms in total. The van der Waals surface area contributed by atoms with Gasteiger partial charge < -0.3 is 5.32 Å². The molecule has 0 aromatic heterocycles. The third-order valence-corrected chi connectivity index (χ3v) is 4.21. The summed E-state index contributed by atoms with van der Waals surface area (Å²) in [6.45, 7) is 6.60. The molecule has 1 atom stereocenters. The molecule has 1 aromatic carbocycles. The van der Waals surface area contributed by atoms with Crippen molar-refractivity contribution in [3.05, 3.63) is 34.9 Å². The summed E-state index contributed by atoms with van der Waals surface area (Å²) in [5.74, 6) is 0.851.